The smallest absolute Gasteiger partial charge is 0.266 e. The number of amides is 1. The third-order valence-corrected chi connectivity index (χ3v) is 7.38. The number of thiocarbonyl (C=S) groups is 1. The monoisotopic (exact) mass is 499 g/mol. The Hall–Kier alpha value is -3.42. The van der Waals surface area contributed by atoms with Crippen molar-refractivity contribution >= 4 is 40.3 Å². The first kappa shape index (κ1) is 23.3. The highest BCUT2D eigenvalue weighted by molar-refractivity contribution is 8.26. The fourth-order valence-electron chi connectivity index (χ4n) is 4.00. The summed E-state index contributed by atoms with van der Waals surface area (Å²) in [5.41, 5.74) is 6.10. The highest BCUT2D eigenvalue weighted by atomic mass is 32.2. The van der Waals surface area contributed by atoms with E-state index in [0.29, 0.717) is 27.4 Å². The van der Waals surface area contributed by atoms with E-state index in [1.165, 1.54) is 17.3 Å². The maximum absolute atomic E-state index is 13.3. The quantitative estimate of drug-likeness (QED) is 0.212. The Balaban J connectivity index is 1.59. The Morgan fingerprint density at radius 3 is 2.63 bits per heavy atom. The van der Waals surface area contributed by atoms with E-state index >= 15 is 0 Å². The number of benzene rings is 2. The molecule has 0 saturated carbocycles. The van der Waals surface area contributed by atoms with Gasteiger partial charge in [0, 0.05) is 17.3 Å². The number of hydrogen-bond donors (Lipinski definition) is 0. The number of rotatable bonds is 6. The summed E-state index contributed by atoms with van der Waals surface area (Å²) in [5.74, 6) is 0.968. The van der Waals surface area contributed by atoms with Gasteiger partial charge in [-0.25, -0.2) is 4.68 Å². The molecule has 4 aromatic rings. The minimum Gasteiger partial charge on any atom is -0.467 e. The average molecular weight is 500 g/mol. The molecule has 7 heteroatoms. The zero-order valence-electron chi connectivity index (χ0n) is 19.8. The van der Waals surface area contributed by atoms with E-state index in [-0.39, 0.29) is 5.91 Å². The molecule has 5 rings (SSSR count). The number of carbonyl (C=O) groups is 1. The van der Waals surface area contributed by atoms with Crippen molar-refractivity contribution < 1.29 is 9.21 Å². The number of para-hydroxylation sites is 1. The molecule has 3 heterocycles. The molecule has 0 radical (unpaired) electrons. The zero-order valence-corrected chi connectivity index (χ0v) is 21.4. The van der Waals surface area contributed by atoms with Crippen LogP contribution in [-0.2, 0) is 11.3 Å². The van der Waals surface area contributed by atoms with Crippen LogP contribution in [0.3, 0.4) is 0 Å². The summed E-state index contributed by atoms with van der Waals surface area (Å²) in [6.07, 6.45) is 5.48. The second kappa shape index (κ2) is 9.68. The number of thioether (sulfide) groups is 1. The van der Waals surface area contributed by atoms with Gasteiger partial charge in [0.2, 0.25) is 0 Å². The average Bonchev–Trinajstić information content (AvgIpc) is 3.57. The van der Waals surface area contributed by atoms with Crippen molar-refractivity contribution in [2.75, 3.05) is 0 Å². The summed E-state index contributed by atoms with van der Waals surface area (Å²) in [7, 11) is 0. The first-order valence-electron chi connectivity index (χ1n) is 11.4. The molecule has 0 unspecified atom stereocenters. The minimum absolute atomic E-state index is 0.123. The normalized spacial score (nSPS) is 15.1. The number of hydrogen-bond acceptors (Lipinski definition) is 5. The Morgan fingerprint density at radius 2 is 1.91 bits per heavy atom. The fourth-order valence-corrected chi connectivity index (χ4v) is 5.25. The van der Waals surface area contributed by atoms with Crippen LogP contribution >= 0.6 is 24.0 Å². The van der Waals surface area contributed by atoms with Gasteiger partial charge in [-0.3, -0.25) is 9.69 Å². The van der Waals surface area contributed by atoms with Crippen LogP contribution in [0.5, 0.6) is 0 Å². The molecular weight excluding hydrogens is 474 g/mol. The summed E-state index contributed by atoms with van der Waals surface area (Å²) < 4.78 is 7.81. The van der Waals surface area contributed by atoms with Gasteiger partial charge in [0.1, 0.15) is 15.8 Å². The van der Waals surface area contributed by atoms with Crippen LogP contribution in [0.2, 0.25) is 0 Å². The molecule has 1 fully saturated rings. The topological polar surface area (TPSA) is 51.3 Å². The molecular formula is C28H25N3O2S2. The minimum atomic E-state index is -0.123. The maximum atomic E-state index is 13.3. The molecule has 2 aromatic heterocycles. The van der Waals surface area contributed by atoms with E-state index in [1.807, 2.05) is 53.4 Å². The predicted octanol–water partition coefficient (Wildman–Crippen LogP) is 6.97. The number of furan rings is 1. The lowest BCUT2D eigenvalue weighted by Gasteiger charge is -2.12. The van der Waals surface area contributed by atoms with Crippen LogP contribution in [0.4, 0.5) is 0 Å². The predicted molar refractivity (Wildman–Crippen MR) is 145 cm³/mol. The van der Waals surface area contributed by atoms with Crippen LogP contribution in [0.25, 0.3) is 23.0 Å². The highest BCUT2D eigenvalue weighted by Crippen LogP contribution is 2.37. The third kappa shape index (κ3) is 4.74. The molecule has 0 atom stereocenters. The van der Waals surface area contributed by atoms with E-state index in [1.54, 1.807) is 17.2 Å². The molecule has 1 saturated heterocycles. The largest absolute Gasteiger partial charge is 0.467 e. The van der Waals surface area contributed by atoms with Gasteiger partial charge in [-0.1, -0.05) is 68.2 Å². The van der Waals surface area contributed by atoms with Crippen molar-refractivity contribution in [3.05, 3.63) is 100 Å². The van der Waals surface area contributed by atoms with Crippen molar-refractivity contribution in [1.82, 2.24) is 14.7 Å². The van der Waals surface area contributed by atoms with E-state index in [9.17, 15) is 4.79 Å². The van der Waals surface area contributed by atoms with Crippen molar-refractivity contribution in [3.8, 4) is 16.9 Å². The molecule has 1 aliphatic rings. The van der Waals surface area contributed by atoms with Crippen molar-refractivity contribution in [2.45, 2.75) is 33.2 Å². The van der Waals surface area contributed by atoms with Gasteiger partial charge in [-0.2, -0.15) is 5.10 Å². The van der Waals surface area contributed by atoms with Gasteiger partial charge in [0.05, 0.1) is 23.4 Å². The van der Waals surface area contributed by atoms with Gasteiger partial charge in [-0.05, 0) is 60.4 Å². The van der Waals surface area contributed by atoms with Gasteiger partial charge in [-0.15, -0.1) is 0 Å². The Kier molecular flexibility index (Phi) is 6.45. The van der Waals surface area contributed by atoms with Gasteiger partial charge in [0.15, 0.2) is 0 Å². The molecule has 1 amide bonds. The van der Waals surface area contributed by atoms with Crippen molar-refractivity contribution in [3.63, 3.8) is 0 Å². The maximum Gasteiger partial charge on any atom is 0.266 e. The molecule has 0 aliphatic carbocycles. The standard InChI is InChI=1S/C28H25N3O2S2/c1-18(2)20-12-11-19(3)24(14-20)26-21(16-31(29-26)22-8-5-4-6-9-22)15-25-27(32)30(28(34)35-25)17-23-10-7-13-33-23/h4-16,18H,17H2,1-3H3. The molecule has 0 spiro atoms. The highest BCUT2D eigenvalue weighted by Gasteiger charge is 2.33. The van der Waals surface area contributed by atoms with Gasteiger partial charge in [0.25, 0.3) is 5.91 Å². The zero-order chi connectivity index (χ0) is 24.5. The van der Waals surface area contributed by atoms with Crippen LogP contribution in [0.1, 0.15) is 42.2 Å². The summed E-state index contributed by atoms with van der Waals surface area (Å²) in [5, 5.41) is 4.97. The lowest BCUT2D eigenvalue weighted by molar-refractivity contribution is -0.122. The molecule has 5 nitrogen and oxygen atoms in total. The van der Waals surface area contributed by atoms with Crippen LogP contribution < -0.4 is 0 Å². The molecule has 1 aliphatic heterocycles. The summed E-state index contributed by atoms with van der Waals surface area (Å²) in [6, 6.07) is 20.1. The first-order chi connectivity index (χ1) is 16.9. The lowest BCUT2D eigenvalue weighted by Crippen LogP contribution is -2.27. The van der Waals surface area contributed by atoms with Gasteiger partial charge < -0.3 is 4.42 Å². The molecule has 176 valence electrons. The third-order valence-electron chi connectivity index (χ3n) is 6.00. The van der Waals surface area contributed by atoms with Crippen LogP contribution in [-0.4, -0.2) is 24.9 Å². The Bertz CT molecular complexity index is 1420. The number of aryl methyl sites for hydroxylation is 1. The number of carbonyl (C=O) groups excluding carboxylic acids is 1. The molecule has 2 aromatic carbocycles. The van der Waals surface area contributed by atoms with Crippen LogP contribution in [0, 0.1) is 6.92 Å². The van der Waals surface area contributed by atoms with Crippen molar-refractivity contribution in [2.24, 2.45) is 0 Å². The van der Waals surface area contributed by atoms with E-state index in [4.69, 9.17) is 21.7 Å². The first-order valence-corrected chi connectivity index (χ1v) is 12.7. The number of nitrogens with zero attached hydrogens (tertiary/aromatic N) is 3. The SMILES string of the molecule is Cc1ccc(C(C)C)cc1-c1nn(-c2ccccc2)cc1C=C1SC(=S)N(Cc2ccco2)C1=O. The summed E-state index contributed by atoms with van der Waals surface area (Å²) in [4.78, 5) is 15.4. The second-order valence-electron chi connectivity index (χ2n) is 8.79. The molecule has 0 bridgehead atoms. The molecule has 35 heavy (non-hydrogen) atoms. The van der Waals surface area contributed by atoms with Gasteiger partial charge >= 0.3 is 0 Å². The second-order valence-corrected chi connectivity index (χ2v) is 10.5. The molecule has 0 N–H and O–H groups in total. The summed E-state index contributed by atoms with van der Waals surface area (Å²) in [6.45, 7) is 6.78. The Morgan fingerprint density at radius 1 is 1.11 bits per heavy atom. The fraction of sp³-hybridized carbons (Fsp3) is 0.179. The Labute approximate surface area is 214 Å². The van der Waals surface area contributed by atoms with Crippen molar-refractivity contribution in [1.29, 1.82) is 0 Å². The number of aromatic nitrogens is 2. The van der Waals surface area contributed by atoms with E-state index in [2.05, 4.69) is 39.0 Å². The summed E-state index contributed by atoms with van der Waals surface area (Å²) >= 11 is 6.83. The van der Waals surface area contributed by atoms with Crippen LogP contribution in [0.15, 0.2) is 82.4 Å². The lowest BCUT2D eigenvalue weighted by atomic mass is 9.95. The van der Waals surface area contributed by atoms with E-state index < -0.39 is 0 Å². The van der Waals surface area contributed by atoms with E-state index in [0.717, 1.165) is 28.1 Å².